The molecule has 0 saturated carbocycles. The molecule has 0 fully saturated rings. The third-order valence-corrected chi connectivity index (χ3v) is 5.32. The Hall–Kier alpha value is -2.39. The van der Waals surface area contributed by atoms with Crippen molar-refractivity contribution in [3.8, 4) is 0 Å². The minimum atomic E-state index is -3.67. The van der Waals surface area contributed by atoms with Gasteiger partial charge in [0.2, 0.25) is 10.0 Å². The Morgan fingerprint density at radius 3 is 2.74 bits per heavy atom. The number of hydrogen-bond acceptors (Lipinski definition) is 5. The van der Waals surface area contributed by atoms with Gasteiger partial charge in [-0.2, -0.15) is 5.10 Å². The third-order valence-electron chi connectivity index (χ3n) is 3.65. The molecule has 9 heteroatoms. The first-order valence-corrected chi connectivity index (χ1v) is 8.37. The average molecular weight is 336 g/mol. The van der Waals surface area contributed by atoms with Crippen molar-refractivity contribution in [1.82, 2.24) is 19.5 Å². The Balaban J connectivity index is 1.87. The number of nitrogens with zero attached hydrogens (tertiary/aromatic N) is 2. The largest absolute Gasteiger partial charge is 0.419 e. The van der Waals surface area contributed by atoms with Crippen molar-refractivity contribution < 1.29 is 12.8 Å². The first-order valence-electron chi connectivity index (χ1n) is 6.89. The highest BCUT2D eigenvalue weighted by molar-refractivity contribution is 7.89. The van der Waals surface area contributed by atoms with E-state index in [0.29, 0.717) is 28.1 Å². The summed E-state index contributed by atoms with van der Waals surface area (Å²) >= 11 is 0. The van der Waals surface area contributed by atoms with Crippen LogP contribution < -0.4 is 10.5 Å². The Bertz CT molecular complexity index is 1020. The summed E-state index contributed by atoms with van der Waals surface area (Å²) in [6, 6.07) is 5.11. The van der Waals surface area contributed by atoms with E-state index in [0.717, 1.165) is 0 Å². The second-order valence-electron chi connectivity index (χ2n) is 5.32. The van der Waals surface area contributed by atoms with Crippen LogP contribution in [0.1, 0.15) is 17.0 Å². The Morgan fingerprint density at radius 2 is 2.09 bits per heavy atom. The number of fused-ring (bicyclic) bond motifs is 1. The van der Waals surface area contributed by atoms with Gasteiger partial charge in [0.05, 0.1) is 16.9 Å². The second kappa shape index (κ2) is 5.36. The Morgan fingerprint density at radius 1 is 1.35 bits per heavy atom. The van der Waals surface area contributed by atoms with Crippen LogP contribution in [-0.2, 0) is 23.6 Å². The van der Waals surface area contributed by atoms with Crippen molar-refractivity contribution >= 4 is 21.1 Å². The minimum absolute atomic E-state index is 0.0843. The van der Waals surface area contributed by atoms with E-state index in [1.165, 1.54) is 4.57 Å². The molecule has 0 radical (unpaired) electrons. The molecule has 0 atom stereocenters. The van der Waals surface area contributed by atoms with Crippen LogP contribution in [0.3, 0.4) is 0 Å². The first kappa shape index (κ1) is 15.5. The van der Waals surface area contributed by atoms with Crippen molar-refractivity contribution in [2.45, 2.75) is 25.3 Å². The van der Waals surface area contributed by atoms with Crippen molar-refractivity contribution in [2.24, 2.45) is 7.05 Å². The van der Waals surface area contributed by atoms with Gasteiger partial charge in [-0.15, -0.1) is 0 Å². The highest BCUT2D eigenvalue weighted by atomic mass is 32.2. The molecule has 23 heavy (non-hydrogen) atoms. The normalized spacial score (nSPS) is 12.1. The monoisotopic (exact) mass is 336 g/mol. The fourth-order valence-corrected chi connectivity index (χ4v) is 3.86. The van der Waals surface area contributed by atoms with Gasteiger partial charge >= 0.3 is 5.76 Å². The topological polar surface area (TPSA) is 110 Å². The van der Waals surface area contributed by atoms with Gasteiger partial charge in [0.15, 0.2) is 5.58 Å². The molecule has 1 aromatic carbocycles. The maximum absolute atomic E-state index is 12.4. The van der Waals surface area contributed by atoms with Gasteiger partial charge in [-0.3, -0.25) is 9.67 Å². The van der Waals surface area contributed by atoms with E-state index in [4.69, 9.17) is 4.42 Å². The summed E-state index contributed by atoms with van der Waals surface area (Å²) in [5.74, 6) is -0.456. The molecule has 3 aromatic rings. The van der Waals surface area contributed by atoms with E-state index in [1.807, 2.05) is 0 Å². The summed E-state index contributed by atoms with van der Waals surface area (Å²) < 4.78 is 33.8. The van der Waals surface area contributed by atoms with E-state index in [9.17, 15) is 13.2 Å². The zero-order chi connectivity index (χ0) is 16.8. The number of nitrogens with one attached hydrogen (secondary N) is 2. The van der Waals surface area contributed by atoms with Crippen molar-refractivity contribution in [3.63, 3.8) is 0 Å². The van der Waals surface area contributed by atoms with Crippen LogP contribution in [0.5, 0.6) is 0 Å². The number of aryl methyl sites for hydroxylation is 3. The van der Waals surface area contributed by atoms with Crippen LogP contribution in [0, 0.1) is 13.8 Å². The van der Waals surface area contributed by atoms with Crippen LogP contribution in [0.4, 0.5) is 0 Å². The number of H-pyrrole nitrogens is 1. The third kappa shape index (κ3) is 2.68. The molecule has 0 saturated heterocycles. The van der Waals surface area contributed by atoms with Crippen LogP contribution >= 0.6 is 0 Å². The standard InChI is InChI=1S/C14H16N4O4S/c1-8-13(9(2)17-16-8)23(20,21)15-7-10-4-5-11-12(6-10)22-14(19)18(11)3/h4-6,15H,7H2,1-3H3,(H,16,17). The summed E-state index contributed by atoms with van der Waals surface area (Å²) in [5.41, 5.74) is 2.67. The smallest absolute Gasteiger partial charge is 0.408 e. The van der Waals surface area contributed by atoms with Crippen LogP contribution in [0.2, 0.25) is 0 Å². The Labute approximate surface area is 132 Å². The summed E-state index contributed by atoms with van der Waals surface area (Å²) in [7, 11) is -2.06. The zero-order valence-electron chi connectivity index (χ0n) is 12.9. The lowest BCUT2D eigenvalue weighted by atomic mass is 10.2. The first-order chi connectivity index (χ1) is 10.8. The number of rotatable bonds is 4. The van der Waals surface area contributed by atoms with E-state index in [-0.39, 0.29) is 11.4 Å². The lowest BCUT2D eigenvalue weighted by Crippen LogP contribution is -2.24. The molecule has 2 heterocycles. The fraction of sp³-hybridized carbons (Fsp3) is 0.286. The molecule has 0 bridgehead atoms. The lowest BCUT2D eigenvalue weighted by Gasteiger charge is -2.07. The number of aromatic nitrogens is 3. The van der Waals surface area contributed by atoms with Gasteiger partial charge in [0.1, 0.15) is 4.90 Å². The van der Waals surface area contributed by atoms with Gasteiger partial charge < -0.3 is 4.42 Å². The van der Waals surface area contributed by atoms with Gasteiger partial charge in [-0.25, -0.2) is 17.9 Å². The van der Waals surface area contributed by atoms with E-state index in [1.54, 1.807) is 39.1 Å². The molecule has 2 aromatic heterocycles. The summed E-state index contributed by atoms with van der Waals surface area (Å²) in [5, 5.41) is 6.55. The van der Waals surface area contributed by atoms with Crippen LogP contribution in [-0.4, -0.2) is 23.2 Å². The number of oxazole rings is 1. The van der Waals surface area contributed by atoms with Gasteiger partial charge in [0, 0.05) is 13.6 Å². The molecule has 0 amide bonds. The maximum atomic E-state index is 12.4. The summed E-state index contributed by atoms with van der Waals surface area (Å²) in [6.07, 6.45) is 0. The lowest BCUT2D eigenvalue weighted by molar-refractivity contribution is 0.527. The number of sulfonamides is 1. The number of benzene rings is 1. The van der Waals surface area contributed by atoms with E-state index >= 15 is 0 Å². The maximum Gasteiger partial charge on any atom is 0.419 e. The van der Waals surface area contributed by atoms with Gasteiger partial charge in [0.25, 0.3) is 0 Å². The highest BCUT2D eigenvalue weighted by Crippen LogP contribution is 2.18. The predicted molar refractivity (Wildman–Crippen MR) is 83.5 cm³/mol. The van der Waals surface area contributed by atoms with Crippen molar-refractivity contribution in [1.29, 1.82) is 0 Å². The van der Waals surface area contributed by atoms with Gasteiger partial charge in [-0.05, 0) is 31.5 Å². The number of hydrogen-bond donors (Lipinski definition) is 2. The Kier molecular flexibility index (Phi) is 3.61. The number of aromatic amines is 1. The molecule has 0 aliphatic carbocycles. The molecule has 0 aliphatic rings. The van der Waals surface area contributed by atoms with E-state index < -0.39 is 15.8 Å². The summed E-state index contributed by atoms with van der Waals surface area (Å²) in [6.45, 7) is 3.36. The molecule has 3 rings (SSSR count). The molecule has 122 valence electrons. The fourth-order valence-electron chi connectivity index (χ4n) is 2.48. The highest BCUT2D eigenvalue weighted by Gasteiger charge is 2.21. The van der Waals surface area contributed by atoms with Crippen molar-refractivity contribution in [3.05, 3.63) is 45.7 Å². The molecular formula is C14H16N4O4S. The molecule has 8 nitrogen and oxygen atoms in total. The second-order valence-corrected chi connectivity index (χ2v) is 7.02. The molecule has 0 aliphatic heterocycles. The van der Waals surface area contributed by atoms with E-state index in [2.05, 4.69) is 14.9 Å². The minimum Gasteiger partial charge on any atom is -0.408 e. The van der Waals surface area contributed by atoms with Crippen LogP contribution in [0.15, 0.2) is 32.3 Å². The predicted octanol–water partition coefficient (Wildman–Crippen LogP) is 0.950. The average Bonchev–Trinajstić information content (AvgIpc) is 2.97. The quantitative estimate of drug-likeness (QED) is 0.737. The molecular weight excluding hydrogens is 320 g/mol. The zero-order valence-corrected chi connectivity index (χ0v) is 13.7. The molecule has 0 spiro atoms. The van der Waals surface area contributed by atoms with Gasteiger partial charge in [-0.1, -0.05) is 6.07 Å². The molecule has 0 unspecified atom stereocenters. The van der Waals surface area contributed by atoms with Crippen LogP contribution in [0.25, 0.3) is 11.1 Å². The van der Waals surface area contributed by atoms with Crippen molar-refractivity contribution in [2.75, 3.05) is 0 Å². The summed E-state index contributed by atoms with van der Waals surface area (Å²) in [4.78, 5) is 11.6. The SMILES string of the molecule is Cc1n[nH]c(C)c1S(=O)(=O)NCc1ccc2c(c1)oc(=O)n2C. The molecule has 2 N–H and O–H groups in total.